The van der Waals surface area contributed by atoms with E-state index in [0.717, 1.165) is 35.7 Å². The second-order valence-electron chi connectivity index (χ2n) is 6.30. The smallest absolute Gasteiger partial charge is 0.277 e. The van der Waals surface area contributed by atoms with E-state index in [0.29, 0.717) is 24.3 Å². The van der Waals surface area contributed by atoms with E-state index in [1.807, 2.05) is 18.2 Å². The highest BCUT2D eigenvalue weighted by Crippen LogP contribution is 2.21. The third kappa shape index (κ3) is 5.63. The first-order valence-electron chi connectivity index (χ1n) is 9.81. The molecule has 0 spiro atoms. The standard InChI is InChI=1S/C19H24BrN7O2.CH3Cl/c1-3-26-13-6-5-12(29-8-7-21)9-14(13)27(4-2)16(26)11-24-19(28)17-18(22)23-10-15(20)25-17;1-2/h5-6,9-10H,3-4,7-8,11,21H2,1-2H3,(H2-,22,23,24,28);1H3/p+1. The van der Waals surface area contributed by atoms with E-state index in [1.54, 1.807) is 0 Å². The number of hydrogen-bond acceptors (Lipinski definition) is 6. The number of alkyl halides is 1. The molecule has 5 N–H and O–H groups in total. The molecule has 11 heteroatoms. The van der Waals surface area contributed by atoms with Crippen molar-refractivity contribution in [3.63, 3.8) is 0 Å². The van der Waals surface area contributed by atoms with Gasteiger partial charge in [0.1, 0.15) is 23.5 Å². The van der Waals surface area contributed by atoms with Crippen molar-refractivity contribution in [1.82, 2.24) is 19.9 Å². The maximum Gasteiger partial charge on any atom is 0.277 e. The van der Waals surface area contributed by atoms with Gasteiger partial charge in [0.25, 0.3) is 11.7 Å². The molecule has 0 fully saturated rings. The highest BCUT2D eigenvalue weighted by atomic mass is 79.9. The predicted molar refractivity (Wildman–Crippen MR) is 125 cm³/mol. The van der Waals surface area contributed by atoms with E-state index in [9.17, 15) is 4.79 Å². The first kappa shape index (κ1) is 24.8. The normalized spacial score (nSPS) is 10.5. The molecule has 0 aliphatic rings. The summed E-state index contributed by atoms with van der Waals surface area (Å²) >= 11 is 7.86. The van der Waals surface area contributed by atoms with Gasteiger partial charge in [-0.3, -0.25) is 4.79 Å². The number of benzene rings is 1. The number of nitrogens with two attached hydrogens (primary N) is 2. The Labute approximate surface area is 194 Å². The zero-order chi connectivity index (χ0) is 23.0. The summed E-state index contributed by atoms with van der Waals surface area (Å²) in [5, 5.41) is 2.91. The largest absolute Gasteiger partial charge is 0.492 e. The number of nitrogen functional groups attached to an aromatic ring is 1. The number of nitrogens with one attached hydrogen (secondary N) is 1. The van der Waals surface area contributed by atoms with Crippen molar-refractivity contribution < 1.29 is 14.1 Å². The molecule has 0 bridgehead atoms. The molecule has 31 heavy (non-hydrogen) atoms. The van der Waals surface area contributed by atoms with Gasteiger partial charge in [-0.2, -0.15) is 0 Å². The third-order valence-corrected chi connectivity index (χ3v) is 4.95. The molecule has 1 amide bonds. The van der Waals surface area contributed by atoms with Crippen LogP contribution in [0.5, 0.6) is 5.75 Å². The predicted octanol–water partition coefficient (Wildman–Crippen LogP) is 2.23. The van der Waals surface area contributed by atoms with Crippen molar-refractivity contribution in [2.24, 2.45) is 5.73 Å². The third-order valence-electron chi connectivity index (χ3n) is 4.56. The Kier molecular flexibility index (Phi) is 9.47. The number of anilines is 1. The zero-order valence-electron chi connectivity index (χ0n) is 17.9. The van der Waals surface area contributed by atoms with E-state index < -0.39 is 0 Å². The Morgan fingerprint density at radius 1 is 1.35 bits per heavy atom. The van der Waals surface area contributed by atoms with Crippen LogP contribution in [0.4, 0.5) is 5.82 Å². The van der Waals surface area contributed by atoms with Gasteiger partial charge in [-0.1, -0.05) is 0 Å². The van der Waals surface area contributed by atoms with Crippen LogP contribution >= 0.6 is 27.5 Å². The lowest BCUT2D eigenvalue weighted by Crippen LogP contribution is -2.40. The summed E-state index contributed by atoms with van der Waals surface area (Å²) in [5.74, 6) is 1.45. The molecule has 0 aliphatic heterocycles. The van der Waals surface area contributed by atoms with Crippen molar-refractivity contribution in [3.8, 4) is 5.75 Å². The molecular weight excluding hydrogens is 486 g/mol. The molecule has 0 aliphatic carbocycles. The summed E-state index contributed by atoms with van der Waals surface area (Å²) in [6.07, 6.45) is 2.93. The topological polar surface area (TPSA) is 125 Å². The van der Waals surface area contributed by atoms with Crippen LogP contribution in [0.3, 0.4) is 0 Å². The van der Waals surface area contributed by atoms with Crippen LogP contribution in [0.2, 0.25) is 0 Å². The second-order valence-corrected chi connectivity index (χ2v) is 7.11. The Morgan fingerprint density at radius 3 is 2.74 bits per heavy atom. The number of nitrogens with zero attached hydrogens (tertiary/aromatic N) is 4. The number of imidazole rings is 1. The van der Waals surface area contributed by atoms with Gasteiger partial charge in [-0.25, -0.2) is 19.1 Å². The number of carbonyl (C=O) groups is 1. The van der Waals surface area contributed by atoms with Gasteiger partial charge in [0.2, 0.25) is 0 Å². The van der Waals surface area contributed by atoms with Crippen molar-refractivity contribution in [2.45, 2.75) is 33.5 Å². The monoisotopic (exact) mass is 512 g/mol. The Balaban J connectivity index is 0.00000166. The summed E-state index contributed by atoms with van der Waals surface area (Å²) in [7, 11) is 0. The molecule has 1 aromatic carbocycles. The number of aryl methyl sites for hydroxylation is 2. The molecule has 2 heterocycles. The van der Waals surface area contributed by atoms with E-state index in [4.69, 9.17) is 16.2 Å². The Morgan fingerprint density at radius 2 is 2.10 bits per heavy atom. The molecule has 2 aromatic heterocycles. The van der Waals surface area contributed by atoms with Crippen LogP contribution in [0.15, 0.2) is 29.0 Å². The fourth-order valence-corrected chi connectivity index (χ4v) is 3.60. The van der Waals surface area contributed by atoms with Crippen molar-refractivity contribution in [2.75, 3.05) is 25.3 Å². The SMILES string of the molecule is CCl.CCn1c(CNC(=O)c2nc(Br)cnc2N)[n+](CC)c2ccc(OCCN)cc21. The highest BCUT2D eigenvalue weighted by Gasteiger charge is 2.25. The first-order valence-corrected chi connectivity index (χ1v) is 11.4. The minimum Gasteiger partial charge on any atom is -0.492 e. The molecule has 0 radical (unpaired) electrons. The number of aromatic nitrogens is 4. The number of rotatable bonds is 8. The summed E-state index contributed by atoms with van der Waals surface area (Å²) in [4.78, 5) is 20.7. The van der Waals surface area contributed by atoms with Crippen molar-refractivity contribution in [3.05, 3.63) is 40.5 Å². The van der Waals surface area contributed by atoms with Gasteiger partial charge in [0, 0.05) is 19.0 Å². The van der Waals surface area contributed by atoms with Crippen molar-refractivity contribution >= 4 is 50.3 Å². The second kappa shape index (κ2) is 11.8. The van der Waals surface area contributed by atoms with Crippen LogP contribution in [0, 0.1) is 0 Å². The Bertz CT molecular complexity index is 1040. The van der Waals surface area contributed by atoms with Gasteiger partial charge in [-0.05, 0) is 41.9 Å². The van der Waals surface area contributed by atoms with Crippen LogP contribution in [0.1, 0.15) is 30.2 Å². The van der Waals surface area contributed by atoms with Gasteiger partial charge < -0.3 is 21.5 Å². The zero-order valence-corrected chi connectivity index (χ0v) is 20.2. The number of hydrogen-bond donors (Lipinski definition) is 3. The quantitative estimate of drug-likeness (QED) is 0.313. The van der Waals surface area contributed by atoms with Crippen LogP contribution < -0.4 is 26.1 Å². The molecule has 0 saturated heterocycles. The van der Waals surface area contributed by atoms with Gasteiger partial charge in [0.15, 0.2) is 22.5 Å². The van der Waals surface area contributed by atoms with E-state index in [-0.39, 0.29) is 17.4 Å². The van der Waals surface area contributed by atoms with Crippen LogP contribution in [0.25, 0.3) is 11.0 Å². The average Bonchev–Trinajstić information content (AvgIpc) is 3.10. The average molecular weight is 514 g/mol. The molecule has 3 rings (SSSR count). The molecule has 9 nitrogen and oxygen atoms in total. The van der Waals surface area contributed by atoms with E-state index in [2.05, 4.69) is 65.8 Å². The number of carbonyl (C=O) groups excluding carboxylic acids is 1. The van der Waals surface area contributed by atoms with Crippen LogP contribution in [-0.2, 0) is 19.6 Å². The lowest BCUT2D eigenvalue weighted by atomic mass is 10.3. The maximum absolute atomic E-state index is 12.6. The molecule has 0 unspecified atom stereocenters. The van der Waals surface area contributed by atoms with Gasteiger partial charge in [0.05, 0.1) is 19.3 Å². The molecular formula is C20H28BrClN7O2+. The first-order chi connectivity index (χ1) is 15.0. The number of amides is 1. The van der Waals surface area contributed by atoms with Crippen LogP contribution in [-0.4, -0.2) is 40.0 Å². The van der Waals surface area contributed by atoms with Gasteiger partial charge >= 0.3 is 0 Å². The lowest BCUT2D eigenvalue weighted by molar-refractivity contribution is -0.676. The number of ether oxygens (including phenoxy) is 1. The fraction of sp³-hybridized carbons (Fsp3) is 0.400. The number of halogens is 2. The molecule has 3 aromatic rings. The highest BCUT2D eigenvalue weighted by molar-refractivity contribution is 9.10. The Hall–Kier alpha value is -2.43. The molecule has 0 atom stereocenters. The van der Waals surface area contributed by atoms with Crippen molar-refractivity contribution in [1.29, 1.82) is 0 Å². The van der Waals surface area contributed by atoms with E-state index >= 15 is 0 Å². The minimum atomic E-state index is -0.376. The van der Waals surface area contributed by atoms with Gasteiger partial charge in [-0.15, -0.1) is 11.6 Å². The molecule has 0 saturated carbocycles. The maximum atomic E-state index is 12.6. The summed E-state index contributed by atoms with van der Waals surface area (Å²) < 4.78 is 10.5. The summed E-state index contributed by atoms with van der Waals surface area (Å²) in [5.41, 5.74) is 13.5. The lowest BCUT2D eigenvalue weighted by Gasteiger charge is -2.07. The van der Waals surface area contributed by atoms with E-state index in [1.165, 1.54) is 12.6 Å². The summed E-state index contributed by atoms with van der Waals surface area (Å²) in [6, 6.07) is 5.97. The molecule has 168 valence electrons. The number of fused-ring (bicyclic) bond motifs is 1. The minimum absolute atomic E-state index is 0.0896. The fourth-order valence-electron chi connectivity index (χ4n) is 3.32. The summed E-state index contributed by atoms with van der Waals surface area (Å²) in [6.45, 7) is 6.88.